The van der Waals surface area contributed by atoms with Crippen LogP contribution >= 0.6 is 0 Å². The van der Waals surface area contributed by atoms with Crippen LogP contribution < -0.4 is 10.1 Å². The zero-order valence-corrected chi connectivity index (χ0v) is 10.2. The summed E-state index contributed by atoms with van der Waals surface area (Å²) in [5.41, 5.74) is 0. The SMILES string of the molecule is O=C(CCOc1cccc(F)c1)NCCCCO. The zero-order chi connectivity index (χ0) is 13.2. The molecule has 0 saturated carbocycles. The molecule has 18 heavy (non-hydrogen) atoms. The minimum absolute atomic E-state index is 0.107. The average Bonchev–Trinajstić information content (AvgIpc) is 2.35. The molecule has 0 aliphatic heterocycles. The Balaban J connectivity index is 2.12. The Morgan fingerprint density at radius 2 is 2.22 bits per heavy atom. The predicted octanol–water partition coefficient (Wildman–Crippen LogP) is 1.48. The highest BCUT2D eigenvalue weighted by Gasteiger charge is 2.01. The summed E-state index contributed by atoms with van der Waals surface area (Å²) in [6.45, 7) is 0.910. The van der Waals surface area contributed by atoms with E-state index in [0.717, 1.165) is 6.42 Å². The Morgan fingerprint density at radius 3 is 2.94 bits per heavy atom. The first-order valence-corrected chi connectivity index (χ1v) is 5.98. The summed E-state index contributed by atoms with van der Waals surface area (Å²) in [6.07, 6.45) is 1.67. The molecule has 0 bridgehead atoms. The number of rotatable bonds is 8. The highest BCUT2D eigenvalue weighted by molar-refractivity contribution is 5.75. The maximum atomic E-state index is 12.8. The summed E-state index contributed by atoms with van der Waals surface area (Å²) in [4.78, 5) is 11.3. The predicted molar refractivity (Wildman–Crippen MR) is 65.8 cm³/mol. The van der Waals surface area contributed by atoms with Gasteiger partial charge in [0, 0.05) is 19.2 Å². The largest absolute Gasteiger partial charge is 0.493 e. The van der Waals surface area contributed by atoms with E-state index in [0.29, 0.717) is 18.7 Å². The summed E-state index contributed by atoms with van der Waals surface area (Å²) in [6, 6.07) is 5.81. The molecule has 0 aliphatic rings. The number of unbranched alkanes of at least 4 members (excludes halogenated alkanes) is 1. The van der Waals surface area contributed by atoms with Crippen LogP contribution in [0.5, 0.6) is 5.75 Å². The quantitative estimate of drug-likeness (QED) is 0.692. The van der Waals surface area contributed by atoms with E-state index >= 15 is 0 Å². The van der Waals surface area contributed by atoms with Crippen LogP contribution in [0.15, 0.2) is 24.3 Å². The van der Waals surface area contributed by atoms with Gasteiger partial charge in [0.05, 0.1) is 13.0 Å². The molecule has 0 saturated heterocycles. The fourth-order valence-electron chi connectivity index (χ4n) is 1.37. The van der Waals surface area contributed by atoms with E-state index in [-0.39, 0.29) is 31.4 Å². The third kappa shape index (κ3) is 6.20. The van der Waals surface area contributed by atoms with Gasteiger partial charge in [0.2, 0.25) is 5.91 Å². The first-order chi connectivity index (χ1) is 8.72. The van der Waals surface area contributed by atoms with Crippen molar-refractivity contribution in [1.82, 2.24) is 5.32 Å². The molecule has 0 heterocycles. The highest BCUT2D eigenvalue weighted by atomic mass is 19.1. The Morgan fingerprint density at radius 1 is 1.39 bits per heavy atom. The average molecular weight is 255 g/mol. The van der Waals surface area contributed by atoms with Gasteiger partial charge >= 0.3 is 0 Å². The molecule has 100 valence electrons. The molecular formula is C13H18FNO3. The molecule has 0 radical (unpaired) electrons. The van der Waals surface area contributed by atoms with E-state index in [1.807, 2.05) is 0 Å². The second-order valence-electron chi connectivity index (χ2n) is 3.84. The number of carbonyl (C=O) groups is 1. The maximum Gasteiger partial charge on any atom is 0.223 e. The first kappa shape index (κ1) is 14.4. The van der Waals surface area contributed by atoms with Crippen LogP contribution in [0.25, 0.3) is 0 Å². The third-order valence-electron chi connectivity index (χ3n) is 2.30. The molecule has 0 unspecified atom stereocenters. The molecule has 0 atom stereocenters. The lowest BCUT2D eigenvalue weighted by Crippen LogP contribution is -2.26. The minimum Gasteiger partial charge on any atom is -0.493 e. The second-order valence-corrected chi connectivity index (χ2v) is 3.84. The number of halogens is 1. The number of aliphatic hydroxyl groups excluding tert-OH is 1. The molecule has 1 amide bonds. The summed E-state index contributed by atoms with van der Waals surface area (Å²) in [5.74, 6) is -0.0478. The molecule has 0 aliphatic carbocycles. The lowest BCUT2D eigenvalue weighted by atomic mass is 10.3. The third-order valence-corrected chi connectivity index (χ3v) is 2.30. The van der Waals surface area contributed by atoms with Gasteiger partial charge in [-0.2, -0.15) is 0 Å². The van der Waals surface area contributed by atoms with Crippen molar-refractivity contribution >= 4 is 5.91 Å². The van der Waals surface area contributed by atoms with Crippen molar-refractivity contribution in [3.8, 4) is 5.75 Å². The van der Waals surface area contributed by atoms with Crippen molar-refractivity contribution in [2.75, 3.05) is 19.8 Å². The fourth-order valence-corrected chi connectivity index (χ4v) is 1.37. The van der Waals surface area contributed by atoms with Gasteiger partial charge in [-0.1, -0.05) is 6.07 Å². The summed E-state index contributed by atoms with van der Waals surface area (Å²) in [5, 5.41) is 11.3. The van der Waals surface area contributed by atoms with Crippen LogP contribution in [-0.4, -0.2) is 30.8 Å². The fraction of sp³-hybridized carbons (Fsp3) is 0.462. The molecule has 4 nitrogen and oxygen atoms in total. The Hall–Kier alpha value is -1.62. The van der Waals surface area contributed by atoms with Gasteiger partial charge in [0.25, 0.3) is 0 Å². The molecule has 1 aromatic carbocycles. The van der Waals surface area contributed by atoms with E-state index in [9.17, 15) is 9.18 Å². The molecule has 2 N–H and O–H groups in total. The lowest BCUT2D eigenvalue weighted by Gasteiger charge is -2.07. The number of hydrogen-bond donors (Lipinski definition) is 2. The summed E-state index contributed by atoms with van der Waals surface area (Å²) < 4.78 is 18.1. The van der Waals surface area contributed by atoms with Crippen LogP contribution in [0.1, 0.15) is 19.3 Å². The molecule has 0 aromatic heterocycles. The maximum absolute atomic E-state index is 12.8. The van der Waals surface area contributed by atoms with Crippen molar-refractivity contribution in [3.63, 3.8) is 0 Å². The molecule has 1 aromatic rings. The number of benzene rings is 1. The number of amides is 1. The van der Waals surface area contributed by atoms with Gasteiger partial charge in [-0.3, -0.25) is 4.79 Å². The number of hydrogen-bond acceptors (Lipinski definition) is 3. The number of carbonyl (C=O) groups excluding carboxylic acids is 1. The van der Waals surface area contributed by atoms with Crippen molar-refractivity contribution in [2.24, 2.45) is 0 Å². The van der Waals surface area contributed by atoms with Crippen molar-refractivity contribution in [2.45, 2.75) is 19.3 Å². The minimum atomic E-state index is -0.360. The van der Waals surface area contributed by atoms with Crippen molar-refractivity contribution in [1.29, 1.82) is 0 Å². The smallest absolute Gasteiger partial charge is 0.223 e. The highest BCUT2D eigenvalue weighted by Crippen LogP contribution is 2.11. The van der Waals surface area contributed by atoms with Crippen LogP contribution in [0, 0.1) is 5.82 Å². The lowest BCUT2D eigenvalue weighted by molar-refractivity contribution is -0.121. The van der Waals surface area contributed by atoms with E-state index < -0.39 is 0 Å². The standard InChI is InChI=1S/C13H18FNO3/c14-11-4-3-5-12(10-11)18-9-6-13(17)15-7-1-2-8-16/h3-5,10,16H,1-2,6-9H2,(H,15,17). The monoisotopic (exact) mass is 255 g/mol. The zero-order valence-electron chi connectivity index (χ0n) is 10.2. The van der Waals surface area contributed by atoms with Gasteiger partial charge < -0.3 is 15.2 Å². The van der Waals surface area contributed by atoms with Gasteiger partial charge in [-0.25, -0.2) is 4.39 Å². The Labute approximate surface area is 106 Å². The normalized spacial score (nSPS) is 10.1. The van der Waals surface area contributed by atoms with E-state index in [1.54, 1.807) is 12.1 Å². The topological polar surface area (TPSA) is 58.6 Å². The Bertz CT molecular complexity index is 371. The van der Waals surface area contributed by atoms with Gasteiger partial charge in [0.1, 0.15) is 11.6 Å². The second kappa shape index (κ2) is 8.47. The number of ether oxygens (including phenoxy) is 1. The van der Waals surface area contributed by atoms with Crippen molar-refractivity contribution < 1.29 is 19.0 Å². The summed E-state index contributed by atoms with van der Waals surface area (Å²) >= 11 is 0. The first-order valence-electron chi connectivity index (χ1n) is 5.98. The van der Waals surface area contributed by atoms with Crippen LogP contribution in [0.2, 0.25) is 0 Å². The van der Waals surface area contributed by atoms with Crippen molar-refractivity contribution in [3.05, 3.63) is 30.1 Å². The van der Waals surface area contributed by atoms with Crippen LogP contribution in [-0.2, 0) is 4.79 Å². The molecule has 0 spiro atoms. The van der Waals surface area contributed by atoms with Gasteiger partial charge in [-0.15, -0.1) is 0 Å². The summed E-state index contributed by atoms with van der Waals surface area (Å²) in [7, 11) is 0. The molecule has 5 heteroatoms. The molecular weight excluding hydrogens is 237 g/mol. The van der Waals surface area contributed by atoms with Gasteiger partial charge in [-0.05, 0) is 25.0 Å². The van der Waals surface area contributed by atoms with E-state index in [2.05, 4.69) is 5.32 Å². The van der Waals surface area contributed by atoms with Crippen LogP contribution in [0.4, 0.5) is 4.39 Å². The van der Waals surface area contributed by atoms with E-state index in [4.69, 9.17) is 9.84 Å². The molecule has 1 rings (SSSR count). The Kier molecular flexibility index (Phi) is 6.79. The van der Waals surface area contributed by atoms with E-state index in [1.165, 1.54) is 12.1 Å². The van der Waals surface area contributed by atoms with Gasteiger partial charge in [0.15, 0.2) is 0 Å². The number of nitrogens with one attached hydrogen (secondary N) is 1. The molecule has 0 fully saturated rings. The number of aliphatic hydroxyl groups is 1. The van der Waals surface area contributed by atoms with Crippen LogP contribution in [0.3, 0.4) is 0 Å².